The second-order valence-corrected chi connectivity index (χ2v) is 7.03. The molecule has 1 aromatic carbocycles. The fourth-order valence-corrected chi connectivity index (χ4v) is 3.53. The molecule has 3 rings (SSSR count). The Balaban J connectivity index is 1.32. The molecule has 1 aromatic heterocycles. The van der Waals surface area contributed by atoms with E-state index in [0.29, 0.717) is 17.9 Å². The maximum absolute atomic E-state index is 12.1. The Hall–Kier alpha value is -2.40. The number of pyridine rings is 1. The number of likely N-dealkylation sites (tertiary alicyclic amines) is 1. The number of nitrogens with two attached hydrogens (primary N) is 1. The Bertz CT molecular complexity index is 696. The molecule has 0 unspecified atom stereocenters. The van der Waals surface area contributed by atoms with Gasteiger partial charge in [-0.05, 0) is 62.4 Å². The van der Waals surface area contributed by atoms with Gasteiger partial charge in [0, 0.05) is 24.8 Å². The third-order valence-corrected chi connectivity index (χ3v) is 5.15. The Labute approximate surface area is 155 Å². The molecule has 1 amide bonds. The van der Waals surface area contributed by atoms with Crippen molar-refractivity contribution in [2.75, 3.05) is 31.9 Å². The number of aromatic nitrogens is 1. The standard InChI is InChI=1S/C21H28N4O/c22-20-16-19(8-11-23-20)21(26)24-12-15-25-13-9-18(10-14-25)7-6-17-4-2-1-3-5-17/h1-5,8,11,16,18H,6-7,9-10,12-15H2,(H2,22,23)(H,24,26). The first-order valence-electron chi connectivity index (χ1n) is 9.47. The summed E-state index contributed by atoms with van der Waals surface area (Å²) >= 11 is 0. The third kappa shape index (κ3) is 5.56. The number of rotatable bonds is 7. The van der Waals surface area contributed by atoms with E-state index in [9.17, 15) is 4.79 Å². The van der Waals surface area contributed by atoms with Gasteiger partial charge >= 0.3 is 0 Å². The number of nitrogens with one attached hydrogen (secondary N) is 1. The molecule has 1 fully saturated rings. The molecular formula is C21H28N4O. The molecule has 138 valence electrons. The smallest absolute Gasteiger partial charge is 0.251 e. The summed E-state index contributed by atoms with van der Waals surface area (Å²) in [4.78, 5) is 18.4. The van der Waals surface area contributed by atoms with E-state index in [-0.39, 0.29) is 5.91 Å². The van der Waals surface area contributed by atoms with Crippen LogP contribution in [0.25, 0.3) is 0 Å². The van der Waals surface area contributed by atoms with E-state index in [2.05, 4.69) is 45.5 Å². The molecule has 0 bridgehead atoms. The minimum Gasteiger partial charge on any atom is -0.384 e. The van der Waals surface area contributed by atoms with E-state index < -0.39 is 0 Å². The quantitative estimate of drug-likeness (QED) is 0.804. The monoisotopic (exact) mass is 352 g/mol. The number of nitrogen functional groups attached to an aromatic ring is 1. The topological polar surface area (TPSA) is 71.2 Å². The average Bonchev–Trinajstić information content (AvgIpc) is 2.68. The number of amides is 1. The molecule has 1 saturated heterocycles. The highest BCUT2D eigenvalue weighted by Crippen LogP contribution is 2.22. The van der Waals surface area contributed by atoms with Crippen LogP contribution in [-0.4, -0.2) is 42.0 Å². The summed E-state index contributed by atoms with van der Waals surface area (Å²) in [5.41, 5.74) is 7.62. The maximum atomic E-state index is 12.1. The molecule has 1 aliphatic rings. The summed E-state index contributed by atoms with van der Waals surface area (Å²) in [6.45, 7) is 3.81. The van der Waals surface area contributed by atoms with Crippen molar-refractivity contribution in [2.24, 2.45) is 5.92 Å². The Morgan fingerprint density at radius 1 is 1.19 bits per heavy atom. The van der Waals surface area contributed by atoms with Gasteiger partial charge < -0.3 is 16.0 Å². The lowest BCUT2D eigenvalue weighted by Gasteiger charge is -2.32. The van der Waals surface area contributed by atoms with Crippen molar-refractivity contribution in [3.63, 3.8) is 0 Å². The van der Waals surface area contributed by atoms with Crippen LogP contribution in [0.15, 0.2) is 48.7 Å². The van der Waals surface area contributed by atoms with Gasteiger partial charge in [-0.25, -0.2) is 4.98 Å². The Morgan fingerprint density at radius 2 is 1.96 bits per heavy atom. The first kappa shape index (κ1) is 18.4. The van der Waals surface area contributed by atoms with Gasteiger partial charge in [-0.2, -0.15) is 0 Å². The van der Waals surface area contributed by atoms with Crippen molar-refractivity contribution >= 4 is 11.7 Å². The molecule has 0 radical (unpaired) electrons. The van der Waals surface area contributed by atoms with Crippen LogP contribution in [0.3, 0.4) is 0 Å². The Morgan fingerprint density at radius 3 is 2.69 bits per heavy atom. The van der Waals surface area contributed by atoms with E-state index in [1.165, 1.54) is 31.2 Å². The summed E-state index contributed by atoms with van der Waals surface area (Å²) in [6.07, 6.45) is 6.52. The van der Waals surface area contributed by atoms with Crippen LogP contribution in [0, 0.1) is 5.92 Å². The van der Waals surface area contributed by atoms with Crippen LogP contribution < -0.4 is 11.1 Å². The number of carbonyl (C=O) groups is 1. The molecule has 26 heavy (non-hydrogen) atoms. The van der Waals surface area contributed by atoms with Crippen molar-refractivity contribution in [2.45, 2.75) is 25.7 Å². The molecule has 1 aliphatic heterocycles. The number of anilines is 1. The summed E-state index contributed by atoms with van der Waals surface area (Å²) in [5.74, 6) is 1.10. The van der Waals surface area contributed by atoms with Crippen LogP contribution in [-0.2, 0) is 6.42 Å². The molecule has 0 atom stereocenters. The van der Waals surface area contributed by atoms with Crippen LogP contribution in [0.2, 0.25) is 0 Å². The Kier molecular flexibility index (Phi) is 6.61. The third-order valence-electron chi connectivity index (χ3n) is 5.15. The van der Waals surface area contributed by atoms with Gasteiger partial charge in [0.25, 0.3) is 5.91 Å². The highest BCUT2D eigenvalue weighted by Gasteiger charge is 2.19. The van der Waals surface area contributed by atoms with E-state index in [1.54, 1.807) is 18.3 Å². The zero-order chi connectivity index (χ0) is 18.2. The molecule has 0 aliphatic carbocycles. The predicted molar refractivity (Wildman–Crippen MR) is 105 cm³/mol. The first-order valence-corrected chi connectivity index (χ1v) is 9.47. The second kappa shape index (κ2) is 9.34. The summed E-state index contributed by atoms with van der Waals surface area (Å²) in [6, 6.07) is 14.0. The van der Waals surface area contributed by atoms with E-state index in [4.69, 9.17) is 5.73 Å². The van der Waals surface area contributed by atoms with Gasteiger partial charge in [0.1, 0.15) is 5.82 Å². The highest BCUT2D eigenvalue weighted by atomic mass is 16.1. The van der Waals surface area contributed by atoms with Crippen molar-refractivity contribution in [1.82, 2.24) is 15.2 Å². The molecule has 5 heteroatoms. The van der Waals surface area contributed by atoms with Crippen molar-refractivity contribution in [3.8, 4) is 0 Å². The van der Waals surface area contributed by atoms with Crippen LogP contribution in [0.1, 0.15) is 35.2 Å². The van der Waals surface area contributed by atoms with Crippen molar-refractivity contribution in [3.05, 3.63) is 59.8 Å². The SMILES string of the molecule is Nc1cc(C(=O)NCCN2CCC(CCc3ccccc3)CC2)ccn1. The van der Waals surface area contributed by atoms with Gasteiger partial charge in [-0.15, -0.1) is 0 Å². The highest BCUT2D eigenvalue weighted by molar-refractivity contribution is 5.94. The van der Waals surface area contributed by atoms with Gasteiger partial charge in [-0.3, -0.25) is 4.79 Å². The van der Waals surface area contributed by atoms with Gasteiger partial charge in [0.2, 0.25) is 0 Å². The van der Waals surface area contributed by atoms with Crippen molar-refractivity contribution < 1.29 is 4.79 Å². The molecule has 0 saturated carbocycles. The first-order chi connectivity index (χ1) is 12.7. The number of hydrogen-bond donors (Lipinski definition) is 2. The van der Waals surface area contributed by atoms with Crippen molar-refractivity contribution in [1.29, 1.82) is 0 Å². The lowest BCUT2D eigenvalue weighted by Crippen LogP contribution is -2.39. The number of piperidine rings is 1. The molecule has 2 aromatic rings. The largest absolute Gasteiger partial charge is 0.384 e. The fraction of sp³-hybridized carbons (Fsp3) is 0.429. The van der Waals surface area contributed by atoms with Gasteiger partial charge in [0.05, 0.1) is 0 Å². The molecular weight excluding hydrogens is 324 g/mol. The zero-order valence-electron chi connectivity index (χ0n) is 15.2. The lowest BCUT2D eigenvalue weighted by molar-refractivity contribution is 0.0943. The number of benzene rings is 1. The number of hydrogen-bond acceptors (Lipinski definition) is 4. The number of nitrogens with zero attached hydrogens (tertiary/aromatic N) is 2. The molecule has 2 heterocycles. The second-order valence-electron chi connectivity index (χ2n) is 7.03. The summed E-state index contributed by atoms with van der Waals surface area (Å²) < 4.78 is 0. The van der Waals surface area contributed by atoms with E-state index in [0.717, 1.165) is 25.6 Å². The summed E-state index contributed by atoms with van der Waals surface area (Å²) in [5, 5.41) is 2.97. The van der Waals surface area contributed by atoms with Gasteiger partial charge in [0.15, 0.2) is 0 Å². The average molecular weight is 352 g/mol. The number of carbonyl (C=O) groups excluding carboxylic acids is 1. The maximum Gasteiger partial charge on any atom is 0.251 e. The fourth-order valence-electron chi connectivity index (χ4n) is 3.53. The van der Waals surface area contributed by atoms with Gasteiger partial charge in [-0.1, -0.05) is 30.3 Å². The minimum absolute atomic E-state index is 0.0863. The molecule has 5 nitrogen and oxygen atoms in total. The zero-order valence-corrected chi connectivity index (χ0v) is 15.2. The van der Waals surface area contributed by atoms with E-state index >= 15 is 0 Å². The normalized spacial score (nSPS) is 15.7. The summed E-state index contributed by atoms with van der Waals surface area (Å²) in [7, 11) is 0. The minimum atomic E-state index is -0.0863. The molecule has 0 spiro atoms. The lowest BCUT2D eigenvalue weighted by atomic mass is 9.90. The van der Waals surface area contributed by atoms with Crippen LogP contribution in [0.4, 0.5) is 5.82 Å². The molecule has 3 N–H and O–H groups in total. The van der Waals surface area contributed by atoms with Crippen LogP contribution in [0.5, 0.6) is 0 Å². The predicted octanol–water partition coefficient (Wildman–Crippen LogP) is 2.74. The van der Waals surface area contributed by atoms with E-state index in [1.807, 2.05) is 0 Å². The van der Waals surface area contributed by atoms with Crippen LogP contribution >= 0.6 is 0 Å². The number of aryl methyl sites for hydroxylation is 1.